The summed E-state index contributed by atoms with van der Waals surface area (Å²) < 4.78 is 19.3. The first-order valence-electron chi connectivity index (χ1n) is 11.3. The van der Waals surface area contributed by atoms with E-state index in [1.165, 1.54) is 43.3 Å². The molecule has 0 atom stereocenters. The summed E-state index contributed by atoms with van der Waals surface area (Å²) in [6.07, 6.45) is 5.24. The van der Waals surface area contributed by atoms with Gasteiger partial charge in [-0.15, -0.1) is 0 Å². The molecule has 0 unspecified atom stereocenters. The minimum atomic E-state index is -0.305. The maximum atomic E-state index is 13.2. The second-order valence-electron chi connectivity index (χ2n) is 8.50. The second kappa shape index (κ2) is 10.3. The maximum Gasteiger partial charge on any atom is 0.229 e. The lowest BCUT2D eigenvalue weighted by Crippen LogP contribution is -2.30. The van der Waals surface area contributed by atoms with Crippen LogP contribution in [-0.4, -0.2) is 29.2 Å². The Morgan fingerprint density at radius 2 is 1.79 bits per heavy atom. The summed E-state index contributed by atoms with van der Waals surface area (Å²) >= 11 is 6.41. The summed E-state index contributed by atoms with van der Waals surface area (Å²) in [6, 6.07) is 10.2. The topological polar surface area (TPSA) is 62.3 Å². The molecule has 0 radical (unpaired) electrons. The molecule has 174 valence electrons. The van der Waals surface area contributed by atoms with E-state index in [1.54, 1.807) is 12.1 Å². The summed E-state index contributed by atoms with van der Waals surface area (Å²) in [4.78, 5) is 11.2. The SMILES string of the molecule is Cc1cc(Nc2nc(Nc3ccc(F)cc3)ncc2Cl)c(OC(C)C)cc1N1CCCCC1. The van der Waals surface area contributed by atoms with E-state index in [0.29, 0.717) is 22.5 Å². The third-order valence-corrected chi connectivity index (χ3v) is 5.73. The molecule has 1 saturated heterocycles. The number of rotatable bonds is 7. The summed E-state index contributed by atoms with van der Waals surface area (Å²) in [5.41, 5.74) is 3.82. The largest absolute Gasteiger partial charge is 0.489 e. The van der Waals surface area contributed by atoms with Gasteiger partial charge in [0, 0.05) is 30.5 Å². The first kappa shape index (κ1) is 23.1. The fraction of sp³-hybridized carbons (Fsp3) is 0.360. The summed E-state index contributed by atoms with van der Waals surface area (Å²) in [5, 5.41) is 6.78. The number of nitrogens with zero attached hydrogens (tertiary/aromatic N) is 3. The molecule has 1 aromatic heterocycles. The van der Waals surface area contributed by atoms with Gasteiger partial charge in [0.2, 0.25) is 5.95 Å². The van der Waals surface area contributed by atoms with Gasteiger partial charge in [0.1, 0.15) is 16.6 Å². The summed E-state index contributed by atoms with van der Waals surface area (Å²) in [6.45, 7) is 8.24. The zero-order chi connectivity index (χ0) is 23.4. The number of aryl methyl sites for hydroxylation is 1. The lowest BCUT2D eigenvalue weighted by atomic mass is 10.1. The van der Waals surface area contributed by atoms with Crippen molar-refractivity contribution in [2.75, 3.05) is 28.6 Å². The van der Waals surface area contributed by atoms with Gasteiger partial charge in [-0.25, -0.2) is 9.37 Å². The second-order valence-corrected chi connectivity index (χ2v) is 8.90. The maximum absolute atomic E-state index is 13.2. The van der Waals surface area contributed by atoms with Crippen LogP contribution in [0.2, 0.25) is 5.02 Å². The molecule has 3 aromatic rings. The number of anilines is 5. The lowest BCUT2D eigenvalue weighted by Gasteiger charge is -2.31. The quantitative estimate of drug-likeness (QED) is 0.395. The number of piperidine rings is 1. The van der Waals surface area contributed by atoms with Gasteiger partial charge in [-0.3, -0.25) is 0 Å². The van der Waals surface area contributed by atoms with Gasteiger partial charge in [-0.1, -0.05) is 11.6 Å². The van der Waals surface area contributed by atoms with Crippen molar-refractivity contribution in [3.8, 4) is 5.75 Å². The third-order valence-electron chi connectivity index (χ3n) is 5.46. The molecular weight excluding hydrogens is 441 g/mol. The van der Waals surface area contributed by atoms with E-state index < -0.39 is 0 Å². The molecule has 0 amide bonds. The summed E-state index contributed by atoms with van der Waals surface area (Å²) in [7, 11) is 0. The van der Waals surface area contributed by atoms with Crippen molar-refractivity contribution in [1.82, 2.24) is 9.97 Å². The molecule has 1 aliphatic rings. The van der Waals surface area contributed by atoms with Gasteiger partial charge in [-0.2, -0.15) is 4.98 Å². The van der Waals surface area contributed by atoms with E-state index in [-0.39, 0.29) is 11.9 Å². The molecule has 8 heteroatoms. The number of benzene rings is 2. The molecule has 2 N–H and O–H groups in total. The highest BCUT2D eigenvalue weighted by atomic mass is 35.5. The van der Waals surface area contributed by atoms with E-state index in [0.717, 1.165) is 30.1 Å². The Hall–Kier alpha value is -3.06. The Morgan fingerprint density at radius 1 is 1.06 bits per heavy atom. The Balaban J connectivity index is 1.63. The van der Waals surface area contributed by atoms with Crippen LogP contribution in [0.4, 0.5) is 33.2 Å². The standard InChI is InChI=1S/C25H29ClFN5O/c1-16(2)33-23-14-22(32-11-5-4-6-12-32)17(3)13-21(23)30-24-20(26)15-28-25(31-24)29-19-9-7-18(27)8-10-19/h7-10,13-16H,4-6,11-12H2,1-3H3,(H2,28,29,30,31). The molecule has 0 bridgehead atoms. The smallest absolute Gasteiger partial charge is 0.229 e. The Labute approximate surface area is 199 Å². The zero-order valence-electron chi connectivity index (χ0n) is 19.2. The van der Waals surface area contributed by atoms with Crippen molar-refractivity contribution in [3.63, 3.8) is 0 Å². The van der Waals surface area contributed by atoms with Gasteiger partial charge >= 0.3 is 0 Å². The third kappa shape index (κ3) is 5.85. The van der Waals surface area contributed by atoms with Crippen LogP contribution >= 0.6 is 11.6 Å². The molecule has 0 spiro atoms. The van der Waals surface area contributed by atoms with Crippen molar-refractivity contribution in [2.24, 2.45) is 0 Å². The normalized spacial score (nSPS) is 13.8. The molecule has 0 aliphatic carbocycles. The fourth-order valence-electron chi connectivity index (χ4n) is 3.91. The summed E-state index contributed by atoms with van der Waals surface area (Å²) in [5.74, 6) is 1.25. The van der Waals surface area contributed by atoms with Gasteiger partial charge in [0.15, 0.2) is 5.82 Å². The van der Waals surface area contributed by atoms with E-state index in [1.807, 2.05) is 13.8 Å². The molecule has 1 fully saturated rings. The van der Waals surface area contributed by atoms with Crippen molar-refractivity contribution in [1.29, 1.82) is 0 Å². The number of nitrogens with one attached hydrogen (secondary N) is 2. The number of hydrogen-bond donors (Lipinski definition) is 2. The van der Waals surface area contributed by atoms with Crippen LogP contribution in [-0.2, 0) is 0 Å². The molecule has 2 heterocycles. The fourth-order valence-corrected chi connectivity index (χ4v) is 4.05. The van der Waals surface area contributed by atoms with Crippen LogP contribution in [0.1, 0.15) is 38.7 Å². The lowest BCUT2D eigenvalue weighted by molar-refractivity contribution is 0.244. The first-order valence-corrected chi connectivity index (χ1v) is 11.7. The van der Waals surface area contributed by atoms with Crippen LogP contribution in [0.15, 0.2) is 42.6 Å². The molecule has 2 aromatic carbocycles. The highest BCUT2D eigenvalue weighted by Gasteiger charge is 2.18. The Kier molecular flexibility index (Phi) is 7.18. The van der Waals surface area contributed by atoms with Crippen molar-refractivity contribution >= 4 is 40.4 Å². The van der Waals surface area contributed by atoms with E-state index >= 15 is 0 Å². The molecule has 4 rings (SSSR count). The number of aromatic nitrogens is 2. The van der Waals surface area contributed by atoms with Crippen LogP contribution < -0.4 is 20.3 Å². The monoisotopic (exact) mass is 469 g/mol. The number of halogens is 2. The molecule has 1 aliphatic heterocycles. The van der Waals surface area contributed by atoms with Crippen molar-refractivity contribution in [2.45, 2.75) is 46.1 Å². The Bertz CT molecular complexity index is 1100. The molecule has 0 saturated carbocycles. The zero-order valence-corrected chi connectivity index (χ0v) is 19.9. The molecule has 6 nitrogen and oxygen atoms in total. The Morgan fingerprint density at radius 3 is 2.48 bits per heavy atom. The van der Waals surface area contributed by atoms with Crippen LogP contribution in [0, 0.1) is 12.7 Å². The van der Waals surface area contributed by atoms with Gasteiger partial charge < -0.3 is 20.3 Å². The predicted octanol–water partition coefficient (Wildman–Crippen LogP) is 6.84. The van der Waals surface area contributed by atoms with Gasteiger partial charge in [0.25, 0.3) is 0 Å². The number of hydrogen-bond acceptors (Lipinski definition) is 6. The average molecular weight is 470 g/mol. The van der Waals surface area contributed by atoms with Crippen molar-refractivity contribution < 1.29 is 9.13 Å². The van der Waals surface area contributed by atoms with Gasteiger partial charge in [-0.05, 0) is 75.9 Å². The minimum absolute atomic E-state index is 0.0130. The van der Waals surface area contributed by atoms with E-state index in [4.69, 9.17) is 16.3 Å². The highest BCUT2D eigenvalue weighted by molar-refractivity contribution is 6.33. The average Bonchev–Trinajstić information content (AvgIpc) is 2.79. The number of ether oxygens (including phenoxy) is 1. The van der Waals surface area contributed by atoms with Crippen LogP contribution in [0.25, 0.3) is 0 Å². The van der Waals surface area contributed by atoms with E-state index in [9.17, 15) is 4.39 Å². The van der Waals surface area contributed by atoms with E-state index in [2.05, 4.69) is 44.6 Å². The molecular formula is C25H29ClFN5O. The first-order chi connectivity index (χ1) is 15.9. The minimum Gasteiger partial charge on any atom is -0.489 e. The van der Waals surface area contributed by atoms with Crippen LogP contribution in [0.5, 0.6) is 5.75 Å². The van der Waals surface area contributed by atoms with Crippen LogP contribution in [0.3, 0.4) is 0 Å². The predicted molar refractivity (Wildman–Crippen MR) is 133 cm³/mol. The highest BCUT2D eigenvalue weighted by Crippen LogP contribution is 2.37. The molecule has 33 heavy (non-hydrogen) atoms. The van der Waals surface area contributed by atoms with Gasteiger partial charge in [0.05, 0.1) is 18.0 Å². The van der Waals surface area contributed by atoms with Crippen molar-refractivity contribution in [3.05, 3.63) is 59.0 Å².